The molecule has 0 bridgehead atoms. The lowest BCUT2D eigenvalue weighted by Crippen LogP contribution is -2.14. The van der Waals surface area contributed by atoms with Gasteiger partial charge in [0, 0.05) is 11.9 Å². The number of anilines is 1. The Labute approximate surface area is 89.5 Å². The number of hydrogen-bond donors (Lipinski definition) is 1. The molecule has 2 N–H and O–H groups in total. The molecule has 0 atom stereocenters. The molecule has 0 aliphatic rings. The van der Waals surface area contributed by atoms with E-state index in [4.69, 9.17) is 10.2 Å². The molecule has 2 rings (SSSR count). The first kappa shape index (κ1) is 10.1. The number of fused-ring (bicyclic) bond motifs is 1. The Morgan fingerprint density at radius 3 is 2.87 bits per heavy atom. The molecule has 3 heteroatoms. The molecule has 0 amide bonds. The van der Waals surface area contributed by atoms with Crippen molar-refractivity contribution in [1.82, 2.24) is 4.90 Å². The van der Waals surface area contributed by atoms with Gasteiger partial charge in [-0.1, -0.05) is 12.1 Å². The maximum absolute atomic E-state index is 5.82. The molecule has 80 valence electrons. The lowest BCUT2D eigenvalue weighted by molar-refractivity contribution is 0.413. The van der Waals surface area contributed by atoms with Gasteiger partial charge in [0.05, 0.1) is 12.0 Å². The zero-order valence-electron chi connectivity index (χ0n) is 9.16. The van der Waals surface area contributed by atoms with Gasteiger partial charge in [0.25, 0.3) is 0 Å². The first-order valence-electron chi connectivity index (χ1n) is 5.08. The van der Waals surface area contributed by atoms with E-state index in [0.717, 1.165) is 23.9 Å². The summed E-state index contributed by atoms with van der Waals surface area (Å²) in [6, 6.07) is 5.88. The van der Waals surface area contributed by atoms with Crippen LogP contribution in [0.3, 0.4) is 0 Å². The van der Waals surface area contributed by atoms with Crippen LogP contribution in [0, 0.1) is 0 Å². The van der Waals surface area contributed by atoms with Crippen molar-refractivity contribution in [3.63, 3.8) is 0 Å². The number of rotatable bonds is 3. The fourth-order valence-electron chi connectivity index (χ4n) is 1.67. The molecule has 0 unspecified atom stereocenters. The minimum Gasteiger partial charge on any atom is -0.462 e. The monoisotopic (exact) mass is 204 g/mol. The number of benzene rings is 1. The Balaban J connectivity index is 2.33. The van der Waals surface area contributed by atoms with Crippen LogP contribution in [0.25, 0.3) is 11.0 Å². The van der Waals surface area contributed by atoms with Crippen LogP contribution >= 0.6 is 0 Å². The average molecular weight is 204 g/mol. The third-order valence-corrected chi connectivity index (χ3v) is 2.54. The number of para-hydroxylation sites is 1. The third-order valence-electron chi connectivity index (χ3n) is 2.54. The second-order valence-corrected chi connectivity index (χ2v) is 4.04. The molecule has 0 saturated heterocycles. The summed E-state index contributed by atoms with van der Waals surface area (Å²) in [5, 5.41) is 1.14. The molecular weight excluding hydrogens is 188 g/mol. The van der Waals surface area contributed by atoms with E-state index in [1.165, 1.54) is 5.56 Å². The van der Waals surface area contributed by atoms with Crippen LogP contribution in [0.1, 0.15) is 5.56 Å². The molecular formula is C12H16N2O. The summed E-state index contributed by atoms with van der Waals surface area (Å²) in [5.74, 6) is 0. The summed E-state index contributed by atoms with van der Waals surface area (Å²) in [7, 11) is 4.13. The van der Waals surface area contributed by atoms with Gasteiger partial charge in [-0.25, -0.2) is 0 Å². The normalized spacial score (nSPS) is 11.4. The highest BCUT2D eigenvalue weighted by molar-refractivity contribution is 5.90. The minimum absolute atomic E-state index is 0.712. The molecule has 15 heavy (non-hydrogen) atoms. The van der Waals surface area contributed by atoms with E-state index in [1.54, 1.807) is 0 Å². The molecule has 1 aromatic heterocycles. The van der Waals surface area contributed by atoms with E-state index < -0.39 is 0 Å². The van der Waals surface area contributed by atoms with Crippen molar-refractivity contribution >= 4 is 16.7 Å². The van der Waals surface area contributed by atoms with Gasteiger partial charge in [0.1, 0.15) is 0 Å². The van der Waals surface area contributed by atoms with Crippen LogP contribution in [0.4, 0.5) is 5.69 Å². The quantitative estimate of drug-likeness (QED) is 0.779. The number of nitrogens with zero attached hydrogens (tertiary/aromatic N) is 1. The van der Waals surface area contributed by atoms with Crippen molar-refractivity contribution in [1.29, 1.82) is 0 Å². The second kappa shape index (κ2) is 3.95. The highest BCUT2D eigenvalue weighted by Gasteiger charge is 2.07. The van der Waals surface area contributed by atoms with Gasteiger partial charge in [-0.05, 0) is 32.1 Å². The molecule has 0 radical (unpaired) electrons. The SMILES string of the molecule is CN(C)CCc1coc2c(N)cccc12. The standard InChI is InChI=1S/C12H16N2O/c1-14(2)7-6-9-8-15-12-10(9)4-3-5-11(12)13/h3-5,8H,6-7,13H2,1-2H3. The van der Waals surface area contributed by atoms with Gasteiger partial charge < -0.3 is 15.1 Å². The Hall–Kier alpha value is -1.48. The van der Waals surface area contributed by atoms with Gasteiger partial charge in [0.2, 0.25) is 0 Å². The van der Waals surface area contributed by atoms with Crippen molar-refractivity contribution in [3.8, 4) is 0 Å². The maximum atomic E-state index is 5.82. The first-order chi connectivity index (χ1) is 7.18. The van der Waals surface area contributed by atoms with Crippen molar-refractivity contribution in [2.75, 3.05) is 26.4 Å². The Morgan fingerprint density at radius 1 is 1.33 bits per heavy atom. The van der Waals surface area contributed by atoms with Crippen molar-refractivity contribution in [2.24, 2.45) is 0 Å². The van der Waals surface area contributed by atoms with E-state index >= 15 is 0 Å². The lowest BCUT2D eigenvalue weighted by Gasteiger charge is -2.07. The van der Waals surface area contributed by atoms with Gasteiger partial charge in [-0.15, -0.1) is 0 Å². The molecule has 1 heterocycles. The molecule has 1 aromatic carbocycles. The van der Waals surface area contributed by atoms with E-state index in [2.05, 4.69) is 25.1 Å². The summed E-state index contributed by atoms with van der Waals surface area (Å²) >= 11 is 0. The Morgan fingerprint density at radius 2 is 2.13 bits per heavy atom. The molecule has 0 aliphatic carbocycles. The zero-order valence-corrected chi connectivity index (χ0v) is 9.16. The molecule has 0 aliphatic heterocycles. The number of nitrogens with two attached hydrogens (primary N) is 1. The maximum Gasteiger partial charge on any atom is 0.156 e. The second-order valence-electron chi connectivity index (χ2n) is 4.04. The summed E-state index contributed by atoms with van der Waals surface area (Å²) in [6.45, 7) is 1.02. The predicted octanol–water partition coefficient (Wildman–Crippen LogP) is 2.12. The summed E-state index contributed by atoms with van der Waals surface area (Å²) in [4.78, 5) is 2.16. The highest BCUT2D eigenvalue weighted by Crippen LogP contribution is 2.26. The van der Waals surface area contributed by atoms with Crippen LogP contribution in [-0.2, 0) is 6.42 Å². The molecule has 0 saturated carbocycles. The molecule has 2 aromatic rings. The first-order valence-corrected chi connectivity index (χ1v) is 5.08. The van der Waals surface area contributed by atoms with E-state index in [9.17, 15) is 0 Å². The largest absolute Gasteiger partial charge is 0.462 e. The Bertz CT molecular complexity index is 460. The van der Waals surface area contributed by atoms with Crippen LogP contribution < -0.4 is 5.73 Å². The van der Waals surface area contributed by atoms with Crippen LogP contribution in [0.2, 0.25) is 0 Å². The molecule has 0 fully saturated rings. The number of nitrogen functional groups attached to an aromatic ring is 1. The van der Waals surface area contributed by atoms with Crippen LogP contribution in [-0.4, -0.2) is 25.5 Å². The topological polar surface area (TPSA) is 42.4 Å². The van der Waals surface area contributed by atoms with Gasteiger partial charge in [-0.2, -0.15) is 0 Å². The number of hydrogen-bond acceptors (Lipinski definition) is 3. The van der Waals surface area contributed by atoms with Crippen molar-refractivity contribution in [3.05, 3.63) is 30.0 Å². The predicted molar refractivity (Wildman–Crippen MR) is 62.9 cm³/mol. The molecule has 3 nitrogen and oxygen atoms in total. The summed E-state index contributed by atoms with van der Waals surface area (Å²) < 4.78 is 5.47. The average Bonchev–Trinajstić information content (AvgIpc) is 2.59. The van der Waals surface area contributed by atoms with Crippen LogP contribution in [0.15, 0.2) is 28.9 Å². The van der Waals surface area contributed by atoms with Gasteiger partial charge >= 0.3 is 0 Å². The van der Waals surface area contributed by atoms with Crippen LogP contribution in [0.5, 0.6) is 0 Å². The number of furan rings is 1. The summed E-state index contributed by atoms with van der Waals surface area (Å²) in [5.41, 5.74) is 8.57. The fourth-order valence-corrected chi connectivity index (χ4v) is 1.67. The van der Waals surface area contributed by atoms with Crippen molar-refractivity contribution < 1.29 is 4.42 Å². The number of likely N-dealkylation sites (N-methyl/N-ethyl adjacent to an activating group) is 1. The summed E-state index contributed by atoms with van der Waals surface area (Å²) in [6.07, 6.45) is 2.80. The van der Waals surface area contributed by atoms with E-state index in [-0.39, 0.29) is 0 Å². The van der Waals surface area contributed by atoms with E-state index in [1.807, 2.05) is 18.4 Å². The molecule has 0 spiro atoms. The fraction of sp³-hybridized carbons (Fsp3) is 0.333. The highest BCUT2D eigenvalue weighted by atomic mass is 16.3. The Kier molecular flexibility index (Phi) is 2.64. The zero-order chi connectivity index (χ0) is 10.8. The van der Waals surface area contributed by atoms with Crippen molar-refractivity contribution in [2.45, 2.75) is 6.42 Å². The lowest BCUT2D eigenvalue weighted by atomic mass is 10.1. The minimum atomic E-state index is 0.712. The van der Waals surface area contributed by atoms with Gasteiger partial charge in [-0.3, -0.25) is 0 Å². The smallest absolute Gasteiger partial charge is 0.156 e. The van der Waals surface area contributed by atoms with E-state index in [0.29, 0.717) is 5.69 Å². The van der Waals surface area contributed by atoms with Gasteiger partial charge in [0.15, 0.2) is 5.58 Å². The third kappa shape index (κ3) is 1.97.